The molecule has 0 saturated heterocycles. The number of esters is 1. The number of aromatic nitrogens is 1. The van der Waals surface area contributed by atoms with Gasteiger partial charge in [0.05, 0.1) is 22.7 Å². The molecule has 7 heteroatoms. The van der Waals surface area contributed by atoms with Gasteiger partial charge >= 0.3 is 5.97 Å². The first-order valence-corrected chi connectivity index (χ1v) is 8.53. The Morgan fingerprint density at radius 1 is 1.27 bits per heavy atom. The van der Waals surface area contributed by atoms with Gasteiger partial charge in [-0.25, -0.2) is 4.39 Å². The molecule has 2 aromatic carbocycles. The minimum atomic E-state index is -0.797. The van der Waals surface area contributed by atoms with Gasteiger partial charge in [-0.05, 0) is 29.3 Å². The molecule has 0 aliphatic carbocycles. The van der Waals surface area contributed by atoms with E-state index in [0.29, 0.717) is 11.1 Å². The minimum absolute atomic E-state index is 0.208. The first-order chi connectivity index (χ1) is 12.4. The summed E-state index contributed by atoms with van der Waals surface area (Å²) in [6, 6.07) is 8.90. The van der Waals surface area contributed by atoms with Crippen molar-refractivity contribution < 1.29 is 13.9 Å². The van der Waals surface area contributed by atoms with Crippen LogP contribution in [0.25, 0.3) is 22.0 Å². The molecule has 2 N–H and O–H groups in total. The van der Waals surface area contributed by atoms with Crippen molar-refractivity contribution in [3.8, 4) is 11.1 Å². The standard InChI is InChI=1S/C19H15Cl2FN2O2/c1-26-19(25)16(23)7-10-4-5-12(13-3-2-6-24-18(10)13)17-14(20)8-11(22)9-15(17)21/h2-6,8-9,16H,7,23H2,1H3. The van der Waals surface area contributed by atoms with E-state index >= 15 is 0 Å². The average Bonchev–Trinajstić information content (AvgIpc) is 2.61. The largest absolute Gasteiger partial charge is 0.468 e. The normalized spacial score (nSPS) is 12.2. The van der Waals surface area contributed by atoms with Crippen LogP contribution in [0.1, 0.15) is 5.56 Å². The maximum atomic E-state index is 13.5. The van der Waals surface area contributed by atoms with E-state index in [2.05, 4.69) is 9.72 Å². The minimum Gasteiger partial charge on any atom is -0.468 e. The second-order valence-electron chi connectivity index (χ2n) is 5.75. The summed E-state index contributed by atoms with van der Waals surface area (Å²) < 4.78 is 18.2. The van der Waals surface area contributed by atoms with Crippen molar-refractivity contribution in [3.63, 3.8) is 0 Å². The molecule has 0 bridgehead atoms. The number of fused-ring (bicyclic) bond motifs is 1. The molecule has 0 amide bonds. The summed E-state index contributed by atoms with van der Waals surface area (Å²) in [6.07, 6.45) is 1.92. The number of rotatable bonds is 4. The number of ether oxygens (including phenoxy) is 1. The van der Waals surface area contributed by atoms with E-state index in [1.165, 1.54) is 19.2 Å². The molecule has 134 valence electrons. The Labute approximate surface area is 159 Å². The Hall–Kier alpha value is -2.21. The van der Waals surface area contributed by atoms with Gasteiger partial charge in [0.15, 0.2) is 0 Å². The summed E-state index contributed by atoms with van der Waals surface area (Å²) in [5, 5.41) is 1.19. The molecule has 1 aromatic heterocycles. The maximum absolute atomic E-state index is 13.5. The van der Waals surface area contributed by atoms with Gasteiger partial charge in [-0.1, -0.05) is 41.4 Å². The van der Waals surface area contributed by atoms with Gasteiger partial charge in [0.1, 0.15) is 11.9 Å². The lowest BCUT2D eigenvalue weighted by molar-refractivity contribution is -0.142. The predicted octanol–water partition coefficient (Wildman–Crippen LogP) is 4.39. The Bertz CT molecular complexity index is 971. The number of methoxy groups -OCH3 is 1. The van der Waals surface area contributed by atoms with Crippen molar-refractivity contribution in [2.75, 3.05) is 7.11 Å². The van der Waals surface area contributed by atoms with Crippen LogP contribution in [-0.4, -0.2) is 24.1 Å². The number of benzene rings is 2. The lowest BCUT2D eigenvalue weighted by atomic mass is 9.95. The van der Waals surface area contributed by atoms with Gasteiger partial charge in [-0.3, -0.25) is 9.78 Å². The molecule has 0 aliphatic rings. The molecule has 0 radical (unpaired) electrons. The molecular formula is C19H15Cl2FN2O2. The van der Waals surface area contributed by atoms with E-state index in [1.807, 2.05) is 18.2 Å². The molecule has 3 aromatic rings. The van der Waals surface area contributed by atoms with Crippen LogP contribution in [-0.2, 0) is 16.0 Å². The number of nitrogens with zero attached hydrogens (tertiary/aromatic N) is 1. The maximum Gasteiger partial charge on any atom is 0.322 e. The van der Waals surface area contributed by atoms with Gasteiger partial charge in [0, 0.05) is 23.6 Å². The van der Waals surface area contributed by atoms with Crippen LogP contribution < -0.4 is 5.73 Å². The van der Waals surface area contributed by atoms with Crippen molar-refractivity contribution in [2.45, 2.75) is 12.5 Å². The fourth-order valence-corrected chi connectivity index (χ4v) is 3.55. The number of nitrogens with two attached hydrogens (primary N) is 1. The Morgan fingerprint density at radius 2 is 1.96 bits per heavy atom. The molecule has 1 unspecified atom stereocenters. The highest BCUT2D eigenvalue weighted by Gasteiger charge is 2.19. The number of carbonyl (C=O) groups excluding carboxylic acids is 1. The molecule has 1 atom stereocenters. The molecule has 4 nitrogen and oxygen atoms in total. The number of hydrogen-bond donors (Lipinski definition) is 1. The van der Waals surface area contributed by atoms with Crippen LogP contribution in [0, 0.1) is 5.82 Å². The van der Waals surface area contributed by atoms with Crippen LogP contribution in [0.5, 0.6) is 0 Å². The van der Waals surface area contributed by atoms with Crippen LogP contribution >= 0.6 is 23.2 Å². The van der Waals surface area contributed by atoms with Crippen LogP contribution in [0.2, 0.25) is 10.0 Å². The first kappa shape index (κ1) is 18.6. The highest BCUT2D eigenvalue weighted by atomic mass is 35.5. The number of pyridine rings is 1. The molecular weight excluding hydrogens is 378 g/mol. The Kier molecular flexibility index (Phi) is 5.41. The zero-order valence-electron chi connectivity index (χ0n) is 13.8. The third-order valence-electron chi connectivity index (χ3n) is 4.07. The van der Waals surface area contributed by atoms with Gasteiger partial charge in [-0.2, -0.15) is 0 Å². The van der Waals surface area contributed by atoms with E-state index in [-0.39, 0.29) is 16.5 Å². The summed E-state index contributed by atoms with van der Waals surface area (Å²) in [4.78, 5) is 16.0. The zero-order chi connectivity index (χ0) is 18.8. The van der Waals surface area contributed by atoms with Crippen molar-refractivity contribution in [1.29, 1.82) is 0 Å². The summed E-state index contributed by atoms with van der Waals surface area (Å²) >= 11 is 12.5. The number of halogens is 3. The molecule has 0 fully saturated rings. The molecule has 3 rings (SSSR count). The molecule has 0 saturated carbocycles. The summed E-state index contributed by atoms with van der Waals surface area (Å²) in [5.74, 6) is -1.00. The van der Waals surface area contributed by atoms with E-state index in [0.717, 1.165) is 16.5 Å². The van der Waals surface area contributed by atoms with E-state index < -0.39 is 17.8 Å². The van der Waals surface area contributed by atoms with Crippen LogP contribution in [0.15, 0.2) is 42.6 Å². The highest BCUT2D eigenvalue weighted by molar-refractivity contribution is 6.39. The monoisotopic (exact) mass is 392 g/mol. The van der Waals surface area contributed by atoms with Gasteiger partial charge < -0.3 is 10.5 Å². The van der Waals surface area contributed by atoms with Crippen LogP contribution in [0.4, 0.5) is 4.39 Å². The van der Waals surface area contributed by atoms with Crippen molar-refractivity contribution >= 4 is 40.1 Å². The van der Waals surface area contributed by atoms with Gasteiger partial charge in [0.2, 0.25) is 0 Å². The second-order valence-corrected chi connectivity index (χ2v) is 6.56. The van der Waals surface area contributed by atoms with Gasteiger partial charge in [-0.15, -0.1) is 0 Å². The summed E-state index contributed by atoms with van der Waals surface area (Å²) in [7, 11) is 1.29. The fourth-order valence-electron chi connectivity index (χ4n) is 2.89. The van der Waals surface area contributed by atoms with E-state index in [4.69, 9.17) is 28.9 Å². The molecule has 26 heavy (non-hydrogen) atoms. The zero-order valence-corrected chi connectivity index (χ0v) is 15.3. The molecule has 1 heterocycles. The van der Waals surface area contributed by atoms with Crippen molar-refractivity contribution in [2.24, 2.45) is 5.73 Å². The Balaban J connectivity index is 2.17. The molecule has 0 aliphatic heterocycles. The lowest BCUT2D eigenvalue weighted by Gasteiger charge is -2.15. The lowest BCUT2D eigenvalue weighted by Crippen LogP contribution is -2.33. The molecule has 0 spiro atoms. The van der Waals surface area contributed by atoms with E-state index in [9.17, 15) is 9.18 Å². The smallest absolute Gasteiger partial charge is 0.322 e. The SMILES string of the molecule is COC(=O)C(N)Cc1ccc(-c2c(Cl)cc(F)cc2Cl)c2cccnc12. The van der Waals surface area contributed by atoms with Gasteiger partial charge in [0.25, 0.3) is 0 Å². The highest BCUT2D eigenvalue weighted by Crippen LogP contribution is 2.39. The predicted molar refractivity (Wildman–Crippen MR) is 101 cm³/mol. The second kappa shape index (κ2) is 7.58. The summed E-state index contributed by atoms with van der Waals surface area (Å²) in [5.41, 5.74) is 8.58. The third-order valence-corrected chi connectivity index (χ3v) is 4.67. The average molecular weight is 393 g/mol. The first-order valence-electron chi connectivity index (χ1n) is 7.77. The van der Waals surface area contributed by atoms with Crippen LogP contribution in [0.3, 0.4) is 0 Å². The van der Waals surface area contributed by atoms with E-state index in [1.54, 1.807) is 12.3 Å². The topological polar surface area (TPSA) is 65.2 Å². The number of carbonyl (C=O) groups is 1. The number of hydrogen-bond acceptors (Lipinski definition) is 4. The quantitative estimate of drug-likeness (QED) is 0.668. The fraction of sp³-hybridized carbons (Fsp3) is 0.158. The summed E-state index contributed by atoms with van der Waals surface area (Å²) in [6.45, 7) is 0. The van der Waals surface area contributed by atoms with Crippen molar-refractivity contribution in [3.05, 3.63) is 64.0 Å². The Morgan fingerprint density at radius 3 is 2.62 bits per heavy atom. The van der Waals surface area contributed by atoms with Crippen molar-refractivity contribution in [1.82, 2.24) is 4.98 Å². The third kappa shape index (κ3) is 3.51.